The van der Waals surface area contributed by atoms with Crippen LogP contribution in [-0.4, -0.2) is 16.2 Å². The Morgan fingerprint density at radius 1 is 2.22 bits per heavy atom. The molecule has 0 saturated heterocycles. The zero-order valence-corrected chi connectivity index (χ0v) is 4.21. The maximum Gasteiger partial charge on any atom is 0.358 e. The van der Waals surface area contributed by atoms with Crippen LogP contribution in [0.3, 0.4) is 0 Å². The summed E-state index contributed by atoms with van der Waals surface area (Å²) in [6.07, 6.45) is 0. The highest BCUT2D eigenvalue weighted by Gasteiger charge is 2.06. The van der Waals surface area contributed by atoms with Gasteiger partial charge in [0.1, 0.15) is 5.76 Å². The van der Waals surface area contributed by atoms with Crippen molar-refractivity contribution >= 4 is 5.97 Å². The summed E-state index contributed by atoms with van der Waals surface area (Å²) in [6.45, 7) is -2.64. The molecule has 9 heavy (non-hydrogen) atoms. The normalized spacial score (nSPS) is 17.3. The highest BCUT2D eigenvalue weighted by Crippen LogP contribution is 1.99. The number of hydrogen-bond donors (Lipinski definition) is 1. The zero-order valence-electron chi connectivity index (χ0n) is 8.21. The van der Waals surface area contributed by atoms with Gasteiger partial charge in [0.25, 0.3) is 0 Å². The maximum absolute atomic E-state index is 10.3. The molecule has 0 spiro atoms. The van der Waals surface area contributed by atoms with Crippen LogP contribution < -0.4 is 0 Å². The molecule has 0 aliphatic heterocycles. The minimum atomic E-state index is -2.64. The summed E-state index contributed by atoms with van der Waals surface area (Å²) < 4.78 is 31.9. The molecule has 4 nitrogen and oxygen atoms in total. The van der Waals surface area contributed by atoms with E-state index >= 15 is 0 Å². The topological polar surface area (TPSA) is 63.3 Å². The third-order valence-electron chi connectivity index (χ3n) is 0.663. The van der Waals surface area contributed by atoms with Gasteiger partial charge < -0.3 is 9.63 Å². The Morgan fingerprint density at radius 2 is 3.00 bits per heavy atom. The Hall–Kier alpha value is -1.32. The van der Waals surface area contributed by atoms with Gasteiger partial charge in [0.05, 0.1) is 1.37 Å². The molecule has 0 aliphatic rings. The number of hydrogen-bond acceptors (Lipinski definition) is 3. The van der Waals surface area contributed by atoms with Crippen LogP contribution in [0.5, 0.6) is 0 Å². The molecular weight excluding hydrogens is 122 g/mol. The summed E-state index contributed by atoms with van der Waals surface area (Å²) in [5.41, 5.74) is -0.689. The standard InChI is InChI=1S/C5H5NO3/c1-3-2-4(5(7)8)6-9-3/h2H,1H3,(H,7,8)/i1D3,2D. The molecule has 0 amide bonds. The SMILES string of the molecule is [2H]c1c(C(=O)O)noc1C([2H])([2H])[2H]. The molecule has 0 saturated carbocycles. The summed E-state index contributed by atoms with van der Waals surface area (Å²) >= 11 is 0. The van der Waals surface area contributed by atoms with Crippen LogP contribution in [0.1, 0.15) is 21.7 Å². The Morgan fingerprint density at radius 3 is 3.33 bits per heavy atom. The average Bonchev–Trinajstić information content (AvgIpc) is 2.28. The Balaban J connectivity index is 3.22. The zero-order chi connectivity index (χ0) is 10.2. The third-order valence-corrected chi connectivity index (χ3v) is 0.663. The molecule has 1 heterocycles. The number of carboxylic acids is 1. The van der Waals surface area contributed by atoms with Crippen molar-refractivity contribution in [1.82, 2.24) is 5.16 Å². The van der Waals surface area contributed by atoms with Crippen molar-refractivity contribution < 1.29 is 19.9 Å². The smallest absolute Gasteiger partial charge is 0.358 e. The fraction of sp³-hybridized carbons (Fsp3) is 0.200. The number of nitrogens with zero attached hydrogens (tertiary/aromatic N) is 1. The maximum atomic E-state index is 10.3. The molecule has 4 heteroatoms. The van der Waals surface area contributed by atoms with Crippen molar-refractivity contribution in [2.75, 3.05) is 0 Å². The second kappa shape index (κ2) is 1.89. The first kappa shape index (κ1) is 2.51. The van der Waals surface area contributed by atoms with Gasteiger partial charge in [-0.05, 0) is 6.85 Å². The van der Waals surface area contributed by atoms with Crippen LogP contribution in [-0.2, 0) is 0 Å². The fourth-order valence-electron chi connectivity index (χ4n) is 0.337. The van der Waals surface area contributed by atoms with E-state index in [4.69, 9.17) is 10.6 Å². The number of aryl methyl sites for hydroxylation is 1. The first-order valence-corrected chi connectivity index (χ1v) is 2.04. The largest absolute Gasteiger partial charge is 0.476 e. The number of aromatic carboxylic acids is 1. The summed E-state index contributed by atoms with van der Waals surface area (Å²) in [4.78, 5) is 10.3. The molecule has 1 N–H and O–H groups in total. The Labute approximate surface area is 56.7 Å². The minimum Gasteiger partial charge on any atom is -0.476 e. The number of carbonyl (C=O) groups is 1. The predicted octanol–water partition coefficient (Wildman–Crippen LogP) is 0.681. The molecule has 0 fully saturated rings. The molecule has 1 aromatic heterocycles. The van der Waals surface area contributed by atoms with Crippen molar-refractivity contribution in [3.8, 4) is 0 Å². The van der Waals surface area contributed by atoms with E-state index in [1.165, 1.54) is 0 Å². The summed E-state index contributed by atoms with van der Waals surface area (Å²) in [5, 5.41) is 11.4. The van der Waals surface area contributed by atoms with Crippen LogP contribution in [0, 0.1) is 6.85 Å². The molecule has 0 atom stereocenters. The first-order chi connectivity index (χ1) is 5.84. The van der Waals surface area contributed by atoms with E-state index in [-0.39, 0.29) is 0 Å². The molecule has 0 aliphatic carbocycles. The lowest BCUT2D eigenvalue weighted by atomic mass is 10.4. The molecule has 1 aromatic rings. The van der Waals surface area contributed by atoms with Crippen molar-refractivity contribution in [3.05, 3.63) is 17.5 Å². The second-order valence-corrected chi connectivity index (χ2v) is 1.29. The van der Waals surface area contributed by atoms with Gasteiger partial charge in [-0.1, -0.05) is 5.16 Å². The number of carboxylic acid groups (broad SMARTS) is 1. The van der Waals surface area contributed by atoms with Gasteiger partial charge in [-0.2, -0.15) is 0 Å². The van der Waals surface area contributed by atoms with Crippen LogP contribution in [0.2, 0.25) is 0 Å². The number of rotatable bonds is 1. The van der Waals surface area contributed by atoms with Gasteiger partial charge in [0.2, 0.25) is 0 Å². The molecular formula is C5H5NO3. The van der Waals surface area contributed by atoms with Gasteiger partial charge >= 0.3 is 5.97 Å². The van der Waals surface area contributed by atoms with Crippen LogP contribution in [0.15, 0.2) is 10.6 Å². The molecule has 0 unspecified atom stereocenters. The van der Waals surface area contributed by atoms with E-state index in [0.29, 0.717) is 0 Å². The van der Waals surface area contributed by atoms with E-state index in [2.05, 4.69) is 9.68 Å². The lowest BCUT2D eigenvalue weighted by Gasteiger charge is -1.75. The number of aromatic nitrogens is 1. The highest BCUT2D eigenvalue weighted by atomic mass is 16.5. The van der Waals surface area contributed by atoms with Crippen molar-refractivity contribution in [3.63, 3.8) is 0 Å². The van der Waals surface area contributed by atoms with Gasteiger partial charge in [0, 0.05) is 10.2 Å². The molecule has 0 bridgehead atoms. The third kappa shape index (κ3) is 1.07. The van der Waals surface area contributed by atoms with E-state index in [1.807, 2.05) is 0 Å². The van der Waals surface area contributed by atoms with Gasteiger partial charge in [-0.15, -0.1) is 0 Å². The van der Waals surface area contributed by atoms with Crippen molar-refractivity contribution in [2.45, 2.75) is 6.85 Å². The monoisotopic (exact) mass is 131 g/mol. The summed E-state index contributed by atoms with van der Waals surface area (Å²) in [7, 11) is 0. The van der Waals surface area contributed by atoms with Crippen molar-refractivity contribution in [1.29, 1.82) is 0 Å². The van der Waals surface area contributed by atoms with Gasteiger partial charge in [-0.25, -0.2) is 4.79 Å². The minimum absolute atomic E-state index is 0.689. The summed E-state index contributed by atoms with van der Waals surface area (Å²) in [6, 6.07) is -0.701. The molecule has 0 aromatic carbocycles. The van der Waals surface area contributed by atoms with E-state index < -0.39 is 30.3 Å². The van der Waals surface area contributed by atoms with Gasteiger partial charge in [0.15, 0.2) is 5.69 Å². The van der Waals surface area contributed by atoms with E-state index in [9.17, 15) is 4.79 Å². The van der Waals surface area contributed by atoms with Crippen LogP contribution in [0.25, 0.3) is 0 Å². The van der Waals surface area contributed by atoms with E-state index in [1.54, 1.807) is 0 Å². The molecule has 0 radical (unpaired) electrons. The lowest BCUT2D eigenvalue weighted by molar-refractivity contribution is 0.0685. The van der Waals surface area contributed by atoms with Crippen LogP contribution >= 0.6 is 0 Å². The first-order valence-electron chi connectivity index (χ1n) is 4.04. The van der Waals surface area contributed by atoms with Crippen LogP contribution in [0.4, 0.5) is 0 Å². The summed E-state index contributed by atoms with van der Waals surface area (Å²) in [5.74, 6) is -2.19. The second-order valence-electron chi connectivity index (χ2n) is 1.29. The highest BCUT2D eigenvalue weighted by molar-refractivity contribution is 5.85. The van der Waals surface area contributed by atoms with Crippen molar-refractivity contribution in [2.24, 2.45) is 0 Å². The Bertz CT molecular complexity index is 342. The fourth-order valence-corrected chi connectivity index (χ4v) is 0.337. The lowest BCUT2D eigenvalue weighted by Crippen LogP contribution is -1.94. The average molecular weight is 131 g/mol. The van der Waals surface area contributed by atoms with Gasteiger partial charge in [-0.3, -0.25) is 0 Å². The quantitative estimate of drug-likeness (QED) is 0.608. The Kier molecular flexibility index (Phi) is 0.527. The van der Waals surface area contributed by atoms with E-state index in [0.717, 1.165) is 0 Å². The predicted molar refractivity (Wildman–Crippen MR) is 28.2 cm³/mol. The molecule has 1 rings (SSSR count). The molecule has 48 valence electrons.